The summed E-state index contributed by atoms with van der Waals surface area (Å²) in [5.74, 6) is -1.47. The Bertz CT molecular complexity index is 485. The van der Waals surface area contributed by atoms with Gasteiger partial charge in [0, 0.05) is 25.3 Å². The largest absolute Gasteiger partial charge is 0.481 e. The molecular formula is C16H24N2O3. The van der Waals surface area contributed by atoms with Gasteiger partial charge in [0.1, 0.15) is 0 Å². The molecule has 0 radical (unpaired) electrons. The molecule has 0 aromatic heterocycles. The van der Waals surface area contributed by atoms with Crippen LogP contribution in [0.3, 0.4) is 0 Å². The Kier molecular flexibility index (Phi) is 6.21. The normalized spacial score (nSPS) is 11.8. The van der Waals surface area contributed by atoms with Crippen LogP contribution < -0.4 is 4.90 Å². The van der Waals surface area contributed by atoms with Gasteiger partial charge < -0.3 is 10.0 Å². The SMILES string of the molecule is CCN(CC(C)C(=O)O)C(=O)N(CC)c1ccc(C)cc1. The van der Waals surface area contributed by atoms with Crippen molar-refractivity contribution >= 4 is 17.7 Å². The average molecular weight is 292 g/mol. The van der Waals surface area contributed by atoms with Crippen LogP contribution in [0.15, 0.2) is 24.3 Å². The molecule has 0 aliphatic heterocycles. The van der Waals surface area contributed by atoms with Gasteiger partial charge in [-0.15, -0.1) is 0 Å². The Morgan fingerprint density at radius 2 is 1.71 bits per heavy atom. The van der Waals surface area contributed by atoms with E-state index >= 15 is 0 Å². The second-order valence-electron chi connectivity index (χ2n) is 5.14. The first-order valence-electron chi connectivity index (χ1n) is 7.26. The van der Waals surface area contributed by atoms with E-state index < -0.39 is 11.9 Å². The van der Waals surface area contributed by atoms with Gasteiger partial charge in [0.15, 0.2) is 0 Å². The van der Waals surface area contributed by atoms with Crippen molar-refractivity contribution in [2.24, 2.45) is 5.92 Å². The van der Waals surface area contributed by atoms with E-state index in [0.29, 0.717) is 13.1 Å². The monoisotopic (exact) mass is 292 g/mol. The molecule has 0 spiro atoms. The van der Waals surface area contributed by atoms with E-state index in [1.54, 1.807) is 16.7 Å². The number of carboxylic acids is 1. The number of benzene rings is 1. The number of aryl methyl sites for hydroxylation is 1. The standard InChI is InChI=1S/C16H24N2O3/c1-5-17(11-13(4)15(19)20)16(21)18(6-2)14-9-7-12(3)8-10-14/h7-10,13H,5-6,11H2,1-4H3,(H,19,20). The summed E-state index contributed by atoms with van der Waals surface area (Å²) in [6.45, 7) is 8.61. The third kappa shape index (κ3) is 4.48. The summed E-state index contributed by atoms with van der Waals surface area (Å²) in [6, 6.07) is 7.58. The number of hydrogen-bond acceptors (Lipinski definition) is 2. The molecule has 21 heavy (non-hydrogen) atoms. The van der Waals surface area contributed by atoms with Crippen LogP contribution in [0.5, 0.6) is 0 Å². The molecule has 0 saturated heterocycles. The summed E-state index contributed by atoms with van der Waals surface area (Å²) in [5.41, 5.74) is 1.96. The van der Waals surface area contributed by atoms with E-state index in [1.807, 2.05) is 45.0 Å². The van der Waals surface area contributed by atoms with Crippen LogP contribution in [-0.2, 0) is 4.79 Å². The molecule has 116 valence electrons. The van der Waals surface area contributed by atoms with E-state index in [9.17, 15) is 9.59 Å². The zero-order valence-electron chi connectivity index (χ0n) is 13.2. The summed E-state index contributed by atoms with van der Waals surface area (Å²) >= 11 is 0. The number of urea groups is 1. The second-order valence-corrected chi connectivity index (χ2v) is 5.14. The van der Waals surface area contributed by atoms with Gasteiger partial charge >= 0.3 is 12.0 Å². The number of amides is 2. The Balaban J connectivity index is 2.89. The molecule has 0 aliphatic carbocycles. The lowest BCUT2D eigenvalue weighted by Crippen LogP contribution is -2.45. The minimum atomic E-state index is -0.889. The zero-order valence-corrected chi connectivity index (χ0v) is 13.2. The minimum absolute atomic E-state index is 0.156. The van der Waals surface area contributed by atoms with Crippen molar-refractivity contribution in [1.82, 2.24) is 4.90 Å². The van der Waals surface area contributed by atoms with Crippen LogP contribution in [0.1, 0.15) is 26.3 Å². The molecule has 1 aromatic carbocycles. The van der Waals surface area contributed by atoms with Gasteiger partial charge in [0.25, 0.3) is 0 Å². The Morgan fingerprint density at radius 3 is 2.14 bits per heavy atom. The van der Waals surface area contributed by atoms with E-state index in [0.717, 1.165) is 11.3 Å². The van der Waals surface area contributed by atoms with Crippen molar-refractivity contribution in [3.8, 4) is 0 Å². The number of carbonyl (C=O) groups is 2. The molecule has 5 heteroatoms. The highest BCUT2D eigenvalue weighted by atomic mass is 16.4. The predicted octanol–water partition coefficient (Wildman–Crippen LogP) is 2.98. The number of rotatable bonds is 6. The average Bonchev–Trinajstić information content (AvgIpc) is 2.46. The third-order valence-electron chi connectivity index (χ3n) is 3.46. The van der Waals surface area contributed by atoms with Gasteiger partial charge in [-0.2, -0.15) is 0 Å². The highest BCUT2D eigenvalue weighted by Crippen LogP contribution is 2.17. The van der Waals surface area contributed by atoms with Crippen LogP contribution in [0.4, 0.5) is 10.5 Å². The Hall–Kier alpha value is -2.04. The summed E-state index contributed by atoms with van der Waals surface area (Å²) in [5, 5.41) is 9.00. The predicted molar refractivity (Wildman–Crippen MR) is 83.6 cm³/mol. The van der Waals surface area contributed by atoms with Crippen molar-refractivity contribution in [3.63, 3.8) is 0 Å². The van der Waals surface area contributed by atoms with E-state index in [2.05, 4.69) is 0 Å². The van der Waals surface area contributed by atoms with Gasteiger partial charge in [-0.3, -0.25) is 9.69 Å². The molecule has 2 amide bonds. The molecule has 0 heterocycles. The molecular weight excluding hydrogens is 268 g/mol. The fourth-order valence-corrected chi connectivity index (χ4v) is 2.07. The lowest BCUT2D eigenvalue weighted by atomic mass is 10.1. The highest BCUT2D eigenvalue weighted by Gasteiger charge is 2.23. The number of carbonyl (C=O) groups excluding carboxylic acids is 1. The highest BCUT2D eigenvalue weighted by molar-refractivity contribution is 5.92. The first-order valence-corrected chi connectivity index (χ1v) is 7.26. The lowest BCUT2D eigenvalue weighted by molar-refractivity contribution is -0.141. The summed E-state index contributed by atoms with van der Waals surface area (Å²) in [7, 11) is 0. The van der Waals surface area contributed by atoms with Gasteiger partial charge in [-0.25, -0.2) is 4.79 Å². The van der Waals surface area contributed by atoms with Gasteiger partial charge in [0.05, 0.1) is 5.92 Å². The smallest absolute Gasteiger partial charge is 0.324 e. The first kappa shape index (κ1) is 17.0. The summed E-state index contributed by atoms with van der Waals surface area (Å²) in [4.78, 5) is 26.8. The minimum Gasteiger partial charge on any atom is -0.481 e. The molecule has 1 aromatic rings. The molecule has 0 aliphatic rings. The molecule has 0 saturated carbocycles. The zero-order chi connectivity index (χ0) is 16.0. The number of aliphatic carboxylic acids is 1. The second kappa shape index (κ2) is 7.67. The number of carboxylic acid groups (broad SMARTS) is 1. The molecule has 1 unspecified atom stereocenters. The quantitative estimate of drug-likeness (QED) is 0.876. The van der Waals surface area contributed by atoms with Crippen LogP contribution in [0.25, 0.3) is 0 Å². The van der Waals surface area contributed by atoms with Crippen LogP contribution in [0, 0.1) is 12.8 Å². The van der Waals surface area contributed by atoms with Crippen molar-refractivity contribution in [2.75, 3.05) is 24.5 Å². The van der Waals surface area contributed by atoms with E-state index in [1.165, 1.54) is 0 Å². The molecule has 5 nitrogen and oxygen atoms in total. The van der Waals surface area contributed by atoms with E-state index in [4.69, 9.17) is 5.11 Å². The number of anilines is 1. The Labute approximate surface area is 126 Å². The summed E-state index contributed by atoms with van der Waals surface area (Å²) in [6.07, 6.45) is 0. The number of hydrogen-bond donors (Lipinski definition) is 1. The topological polar surface area (TPSA) is 60.9 Å². The maximum Gasteiger partial charge on any atom is 0.324 e. The molecule has 1 atom stereocenters. The van der Waals surface area contributed by atoms with E-state index in [-0.39, 0.29) is 12.6 Å². The third-order valence-corrected chi connectivity index (χ3v) is 3.46. The van der Waals surface area contributed by atoms with Gasteiger partial charge in [0.2, 0.25) is 0 Å². The molecule has 0 fully saturated rings. The van der Waals surface area contributed by atoms with Crippen LogP contribution in [-0.4, -0.2) is 41.6 Å². The fraction of sp³-hybridized carbons (Fsp3) is 0.500. The maximum atomic E-state index is 12.6. The fourth-order valence-electron chi connectivity index (χ4n) is 2.07. The van der Waals surface area contributed by atoms with Gasteiger partial charge in [-0.05, 0) is 32.9 Å². The lowest BCUT2D eigenvalue weighted by Gasteiger charge is -2.30. The Morgan fingerprint density at radius 1 is 1.14 bits per heavy atom. The van der Waals surface area contributed by atoms with Crippen molar-refractivity contribution in [3.05, 3.63) is 29.8 Å². The van der Waals surface area contributed by atoms with Gasteiger partial charge in [-0.1, -0.05) is 24.6 Å². The molecule has 0 bridgehead atoms. The van der Waals surface area contributed by atoms with Crippen molar-refractivity contribution in [1.29, 1.82) is 0 Å². The van der Waals surface area contributed by atoms with Crippen LogP contribution >= 0.6 is 0 Å². The number of nitrogens with zero attached hydrogens (tertiary/aromatic N) is 2. The molecule has 1 N–H and O–H groups in total. The molecule has 1 rings (SSSR count). The first-order chi connectivity index (χ1) is 9.90. The van der Waals surface area contributed by atoms with Crippen molar-refractivity contribution in [2.45, 2.75) is 27.7 Å². The van der Waals surface area contributed by atoms with Crippen LogP contribution in [0.2, 0.25) is 0 Å². The van der Waals surface area contributed by atoms with Crippen molar-refractivity contribution < 1.29 is 14.7 Å². The summed E-state index contributed by atoms with van der Waals surface area (Å²) < 4.78 is 0. The maximum absolute atomic E-state index is 12.6.